The summed E-state index contributed by atoms with van der Waals surface area (Å²) in [6, 6.07) is 11.6. The number of carbonyl (C=O) groups excluding carboxylic acids is 1. The first-order chi connectivity index (χ1) is 14.9. The molecule has 1 aliphatic heterocycles. The van der Waals surface area contributed by atoms with Crippen LogP contribution in [0.1, 0.15) is 32.6 Å². The maximum atomic E-state index is 13.3. The fourth-order valence-electron chi connectivity index (χ4n) is 3.38. The van der Waals surface area contributed by atoms with E-state index in [0.29, 0.717) is 54.8 Å². The molecule has 0 bridgehead atoms. The molecule has 31 heavy (non-hydrogen) atoms. The molecule has 2 aromatic rings. The molecule has 1 saturated heterocycles. The quantitative estimate of drug-likeness (QED) is 0.532. The number of ether oxygens (including phenoxy) is 1. The number of carbonyl (C=O) groups is 1. The van der Waals surface area contributed by atoms with Crippen LogP contribution in [-0.4, -0.2) is 40.6 Å². The van der Waals surface area contributed by atoms with E-state index in [4.69, 9.17) is 16.3 Å². The minimum atomic E-state index is -3.96. The van der Waals surface area contributed by atoms with E-state index in [-0.39, 0.29) is 10.8 Å². The van der Waals surface area contributed by atoms with Gasteiger partial charge in [0.05, 0.1) is 29.6 Å². The Kier molecular flexibility index (Phi) is 8.17. The van der Waals surface area contributed by atoms with Crippen molar-refractivity contribution in [3.8, 4) is 0 Å². The molecule has 9 heteroatoms. The van der Waals surface area contributed by atoms with Crippen molar-refractivity contribution in [2.45, 2.75) is 37.5 Å². The molecule has 0 saturated carbocycles. The van der Waals surface area contributed by atoms with E-state index in [2.05, 4.69) is 17.0 Å². The predicted molar refractivity (Wildman–Crippen MR) is 125 cm³/mol. The average molecular weight is 466 g/mol. The van der Waals surface area contributed by atoms with Crippen LogP contribution in [0, 0.1) is 0 Å². The van der Waals surface area contributed by atoms with E-state index in [0.717, 1.165) is 19.3 Å². The van der Waals surface area contributed by atoms with Crippen molar-refractivity contribution in [3.05, 3.63) is 47.5 Å². The number of morpholine rings is 1. The number of nitrogens with one attached hydrogen (secondary N) is 2. The van der Waals surface area contributed by atoms with Crippen LogP contribution >= 0.6 is 11.6 Å². The van der Waals surface area contributed by atoms with Crippen LogP contribution in [-0.2, 0) is 19.6 Å². The van der Waals surface area contributed by atoms with Crippen LogP contribution in [0.2, 0.25) is 5.02 Å². The van der Waals surface area contributed by atoms with Gasteiger partial charge in [0, 0.05) is 25.2 Å². The van der Waals surface area contributed by atoms with Gasteiger partial charge in [0.2, 0.25) is 5.91 Å². The van der Waals surface area contributed by atoms with Crippen LogP contribution in [0.15, 0.2) is 47.4 Å². The second kappa shape index (κ2) is 10.8. The number of anilines is 3. The standard InChI is InChI=1S/C22H28ClN3O4S/c1-2-3-4-9-22(27)24-17-10-11-20(26-12-14-30-15-13-26)21(16-17)31(28,29)25-19-8-6-5-7-18(19)23/h5-8,10-11,16,25H,2-4,9,12-15H2,1H3,(H,24,27). The summed E-state index contributed by atoms with van der Waals surface area (Å²) in [6.45, 7) is 4.28. The first-order valence-electron chi connectivity index (χ1n) is 10.4. The summed E-state index contributed by atoms with van der Waals surface area (Å²) in [5.74, 6) is -0.130. The zero-order valence-electron chi connectivity index (χ0n) is 17.6. The average Bonchev–Trinajstić information content (AvgIpc) is 2.76. The summed E-state index contributed by atoms with van der Waals surface area (Å²) in [5, 5.41) is 3.12. The second-order valence-corrected chi connectivity index (χ2v) is 9.43. The van der Waals surface area contributed by atoms with E-state index in [9.17, 15) is 13.2 Å². The molecule has 0 aliphatic carbocycles. The lowest BCUT2D eigenvalue weighted by Gasteiger charge is -2.30. The Labute approximate surface area is 188 Å². The largest absolute Gasteiger partial charge is 0.378 e. The molecular weight excluding hydrogens is 438 g/mol. The van der Waals surface area contributed by atoms with E-state index in [1.165, 1.54) is 6.07 Å². The van der Waals surface area contributed by atoms with E-state index >= 15 is 0 Å². The van der Waals surface area contributed by atoms with Crippen molar-refractivity contribution < 1.29 is 17.9 Å². The molecule has 0 radical (unpaired) electrons. The van der Waals surface area contributed by atoms with E-state index in [1.807, 2.05) is 4.90 Å². The molecule has 2 aromatic carbocycles. The number of benzene rings is 2. The molecule has 1 aliphatic rings. The Hall–Kier alpha value is -2.29. The minimum Gasteiger partial charge on any atom is -0.378 e. The number of hydrogen-bond donors (Lipinski definition) is 2. The smallest absolute Gasteiger partial charge is 0.264 e. The summed E-state index contributed by atoms with van der Waals surface area (Å²) >= 11 is 6.16. The summed E-state index contributed by atoms with van der Waals surface area (Å²) in [5.41, 5.74) is 1.30. The van der Waals surface area contributed by atoms with Gasteiger partial charge in [-0.3, -0.25) is 9.52 Å². The molecule has 0 spiro atoms. The topological polar surface area (TPSA) is 87.7 Å². The fourth-order valence-corrected chi connectivity index (χ4v) is 4.95. The van der Waals surface area contributed by atoms with E-state index < -0.39 is 10.0 Å². The lowest BCUT2D eigenvalue weighted by molar-refractivity contribution is -0.116. The number of rotatable bonds is 9. The van der Waals surface area contributed by atoms with Crippen LogP contribution < -0.4 is 14.9 Å². The van der Waals surface area contributed by atoms with Crippen molar-refractivity contribution >= 4 is 44.6 Å². The molecule has 7 nitrogen and oxygen atoms in total. The molecular formula is C22H28ClN3O4S. The molecule has 1 heterocycles. The summed E-state index contributed by atoms with van der Waals surface area (Å²) in [7, 11) is -3.96. The summed E-state index contributed by atoms with van der Waals surface area (Å²) in [6.07, 6.45) is 3.20. The molecule has 1 fully saturated rings. The highest BCUT2D eigenvalue weighted by Gasteiger charge is 2.25. The Bertz CT molecular complexity index is 1010. The molecule has 3 rings (SSSR count). The SMILES string of the molecule is CCCCCC(=O)Nc1ccc(N2CCOCC2)c(S(=O)(=O)Nc2ccccc2Cl)c1. The number of nitrogens with zero attached hydrogens (tertiary/aromatic N) is 1. The third-order valence-corrected chi connectivity index (χ3v) is 6.73. The van der Waals surface area contributed by atoms with Crippen LogP contribution in [0.5, 0.6) is 0 Å². The van der Waals surface area contributed by atoms with Crippen LogP contribution in [0.4, 0.5) is 17.1 Å². The fraction of sp³-hybridized carbons (Fsp3) is 0.409. The van der Waals surface area contributed by atoms with Gasteiger partial charge >= 0.3 is 0 Å². The molecule has 0 atom stereocenters. The Morgan fingerprint density at radius 3 is 2.58 bits per heavy atom. The highest BCUT2D eigenvalue weighted by atomic mass is 35.5. The van der Waals surface area contributed by atoms with Gasteiger partial charge in [0.25, 0.3) is 10.0 Å². The Morgan fingerprint density at radius 1 is 1.13 bits per heavy atom. The second-order valence-electron chi connectivity index (χ2n) is 7.37. The summed E-state index contributed by atoms with van der Waals surface area (Å²) in [4.78, 5) is 14.3. The first-order valence-corrected chi connectivity index (χ1v) is 12.3. The number of sulfonamides is 1. The van der Waals surface area contributed by atoms with Gasteiger partial charge in [-0.05, 0) is 36.8 Å². The Balaban J connectivity index is 1.91. The van der Waals surface area contributed by atoms with Crippen LogP contribution in [0.25, 0.3) is 0 Å². The normalized spacial score (nSPS) is 14.3. The number of hydrogen-bond acceptors (Lipinski definition) is 5. The van der Waals surface area contributed by atoms with Crippen molar-refractivity contribution in [1.82, 2.24) is 0 Å². The molecule has 2 N–H and O–H groups in total. The Morgan fingerprint density at radius 2 is 1.87 bits per heavy atom. The molecule has 1 amide bonds. The van der Waals surface area contributed by atoms with Crippen molar-refractivity contribution in [2.24, 2.45) is 0 Å². The van der Waals surface area contributed by atoms with Gasteiger partial charge in [0.1, 0.15) is 4.90 Å². The number of halogens is 1. The van der Waals surface area contributed by atoms with E-state index in [1.54, 1.807) is 36.4 Å². The van der Waals surface area contributed by atoms with Gasteiger partial charge < -0.3 is 15.0 Å². The predicted octanol–water partition coefficient (Wildman–Crippen LogP) is 4.50. The monoisotopic (exact) mass is 465 g/mol. The maximum absolute atomic E-state index is 13.3. The molecule has 0 unspecified atom stereocenters. The van der Waals surface area contributed by atoms with Crippen molar-refractivity contribution in [3.63, 3.8) is 0 Å². The van der Waals surface area contributed by atoms with Gasteiger partial charge in [0.15, 0.2) is 0 Å². The number of amides is 1. The lowest BCUT2D eigenvalue weighted by atomic mass is 10.2. The zero-order chi connectivity index (χ0) is 22.3. The number of para-hydroxylation sites is 1. The third-order valence-electron chi connectivity index (χ3n) is 5.01. The lowest BCUT2D eigenvalue weighted by Crippen LogP contribution is -2.37. The van der Waals surface area contributed by atoms with Gasteiger partial charge in [-0.2, -0.15) is 0 Å². The molecule has 168 valence electrons. The highest BCUT2D eigenvalue weighted by molar-refractivity contribution is 7.93. The number of unbranched alkanes of at least 4 members (excludes halogenated alkanes) is 2. The molecule has 0 aromatic heterocycles. The maximum Gasteiger partial charge on any atom is 0.264 e. The zero-order valence-corrected chi connectivity index (χ0v) is 19.1. The van der Waals surface area contributed by atoms with Crippen molar-refractivity contribution in [1.29, 1.82) is 0 Å². The third kappa shape index (κ3) is 6.35. The van der Waals surface area contributed by atoms with Gasteiger partial charge in [-0.15, -0.1) is 0 Å². The summed E-state index contributed by atoms with van der Waals surface area (Å²) < 4.78 is 34.6. The van der Waals surface area contributed by atoms with Crippen LogP contribution in [0.3, 0.4) is 0 Å². The first kappa shape index (κ1) is 23.4. The van der Waals surface area contributed by atoms with Gasteiger partial charge in [-0.25, -0.2) is 8.42 Å². The highest BCUT2D eigenvalue weighted by Crippen LogP contribution is 2.32. The minimum absolute atomic E-state index is 0.0840. The van der Waals surface area contributed by atoms with Gasteiger partial charge in [-0.1, -0.05) is 43.5 Å². The van der Waals surface area contributed by atoms with Crippen molar-refractivity contribution in [2.75, 3.05) is 41.2 Å².